The van der Waals surface area contributed by atoms with Gasteiger partial charge < -0.3 is 51.8 Å². The number of fused-ring (bicyclic) bond motifs is 5. The largest absolute Gasteiger partial charge is 0.504 e. The molecule has 1 spiro atoms. The molecule has 0 bridgehead atoms. The molecule has 0 radical (unpaired) electrons. The number of aromatic hydroxyl groups is 1. The van der Waals surface area contributed by atoms with Gasteiger partial charge in [-0.25, -0.2) is 0 Å². The van der Waals surface area contributed by atoms with E-state index in [0.717, 1.165) is 59.9 Å². The van der Waals surface area contributed by atoms with E-state index < -0.39 is 29.6 Å². The van der Waals surface area contributed by atoms with E-state index in [0.29, 0.717) is 91.3 Å². The molecule has 0 amide bonds. The fraction of sp³-hybridized carbons (Fsp3) is 0.525. The maximum absolute atomic E-state index is 14.8. The van der Waals surface area contributed by atoms with Crippen LogP contribution in [0.3, 0.4) is 0 Å². The van der Waals surface area contributed by atoms with Crippen LogP contribution < -0.4 is 26.4 Å². The van der Waals surface area contributed by atoms with Crippen molar-refractivity contribution in [3.63, 3.8) is 0 Å². The molecule has 2 aliphatic heterocycles. The molecule has 4 fully saturated rings. The summed E-state index contributed by atoms with van der Waals surface area (Å²) in [6.07, 6.45) is 7.25. The van der Waals surface area contributed by atoms with Gasteiger partial charge >= 0.3 is 0 Å². The number of piperidine rings is 1. The molecule has 12 heteroatoms. The summed E-state index contributed by atoms with van der Waals surface area (Å²) in [5, 5.41) is 61.0. The highest BCUT2D eigenvalue weighted by Crippen LogP contribution is 2.63. The molecule has 374 valence electrons. The second kappa shape index (κ2) is 19.5. The lowest BCUT2D eigenvalue weighted by atomic mass is 9.46. The first-order chi connectivity index (χ1) is 34.4. The van der Waals surface area contributed by atoms with Crippen LogP contribution in [-0.2, 0) is 16.0 Å². The number of hydrogen-bond acceptors (Lipinski definition) is 11. The monoisotopic (exact) mass is 962 g/mol. The van der Waals surface area contributed by atoms with E-state index in [1.165, 1.54) is 18.4 Å². The van der Waals surface area contributed by atoms with E-state index in [1.54, 1.807) is 12.1 Å². The molecule has 1 aromatic heterocycles. The number of aromatic nitrogens is 1. The number of hydrogen-bond donors (Lipinski definition) is 9. The first-order valence-electron chi connectivity index (χ1n) is 26.5. The summed E-state index contributed by atoms with van der Waals surface area (Å²) < 4.78 is 5.55. The fourth-order valence-electron chi connectivity index (χ4n) is 15.2. The van der Waals surface area contributed by atoms with Crippen LogP contribution in [0, 0.1) is 52.8 Å². The smallest absolute Gasteiger partial charge is 0.160 e. The summed E-state index contributed by atoms with van der Waals surface area (Å²) in [5.41, 5.74) is 11.0. The number of aromatic amines is 1. The number of aliphatic hydroxyl groups excluding tert-OH is 3. The zero-order valence-electron chi connectivity index (χ0n) is 41.1. The Hall–Kier alpha value is -5.42. The van der Waals surface area contributed by atoms with Crippen LogP contribution in [0.4, 0.5) is 0 Å². The van der Waals surface area contributed by atoms with Gasteiger partial charge in [-0.2, -0.15) is 0 Å². The molecule has 3 heterocycles. The van der Waals surface area contributed by atoms with Gasteiger partial charge in [0.15, 0.2) is 17.3 Å². The Morgan fingerprint density at radius 3 is 2.62 bits per heavy atom. The highest BCUT2D eigenvalue weighted by atomic mass is 16.5. The Morgan fingerprint density at radius 2 is 1.82 bits per heavy atom. The zero-order valence-corrected chi connectivity index (χ0v) is 41.1. The lowest BCUT2D eigenvalue weighted by Crippen LogP contribution is -2.63. The van der Waals surface area contributed by atoms with E-state index in [4.69, 9.17) is 10.5 Å². The first-order valence-corrected chi connectivity index (χ1v) is 26.5. The number of benzene rings is 3. The van der Waals surface area contributed by atoms with Gasteiger partial charge in [-0.1, -0.05) is 67.3 Å². The molecule has 71 heavy (non-hydrogen) atoms. The summed E-state index contributed by atoms with van der Waals surface area (Å²) in [4.78, 5) is 31.6. The Morgan fingerprint density at radius 1 is 0.972 bits per heavy atom. The molecule has 12 nitrogen and oxygen atoms in total. The third kappa shape index (κ3) is 8.69. The van der Waals surface area contributed by atoms with Crippen LogP contribution in [0.1, 0.15) is 116 Å². The zero-order chi connectivity index (χ0) is 49.1. The SMILES string of the molecule is CCNC[C@@H]1[C@@H]([C@H]2CC[C@@]3(C#C[C@H](C[C@H](O)[C@H](O)C[C@H](C4=CCNC(N)=C4)c4ccc5ccccc5c4)c4cc(O)c(OC)cc4CCC3=O)[C@H](O)C2)C[C@H]2CN[C@H]3CC(=O)C[C@H]4c5cc[nH]c5[C@@H]1[C@@H]2[C@H]34. The van der Waals surface area contributed by atoms with Crippen LogP contribution in [0.2, 0.25) is 0 Å². The fourth-order valence-corrected chi connectivity index (χ4v) is 15.2. The van der Waals surface area contributed by atoms with Crippen molar-refractivity contribution in [2.45, 2.75) is 119 Å². The van der Waals surface area contributed by atoms with Crippen LogP contribution in [0.15, 0.2) is 90.4 Å². The Kier molecular flexibility index (Phi) is 13.2. The number of ether oxygens (including phenoxy) is 1. The van der Waals surface area contributed by atoms with Crippen molar-refractivity contribution >= 4 is 22.3 Å². The number of ketones is 2. The molecule has 4 aromatic rings. The summed E-state index contributed by atoms with van der Waals surface area (Å²) in [6, 6.07) is 20.3. The van der Waals surface area contributed by atoms with Gasteiger partial charge in [0.2, 0.25) is 0 Å². The van der Waals surface area contributed by atoms with Gasteiger partial charge in [0, 0.05) is 61.5 Å². The quantitative estimate of drug-likeness (QED) is 0.0697. The van der Waals surface area contributed by atoms with Crippen molar-refractivity contribution in [3.8, 4) is 23.3 Å². The molecule has 15 atom stereocenters. The normalized spacial score (nSPS) is 33.3. The number of carbonyl (C=O) groups excluding carboxylic acids is 2. The molecular formula is C59H71N5O7. The average Bonchev–Trinajstić information content (AvgIpc) is 3.89. The van der Waals surface area contributed by atoms with Gasteiger partial charge in [-0.3, -0.25) is 9.59 Å². The number of allylic oxidation sites excluding steroid dienone is 2. The molecule has 5 aliphatic carbocycles. The number of phenolic OH excluding ortho intramolecular Hbond substituents is 1. The standard InChI is InChI=1S/C59H71N5O7/c1-3-61-31-46-44(21-39-30-64-47-27-40(65)26-45-41-15-19-63-58(41)57(46)55(39)56(45)47)37-13-17-59(53(70)24-37)16-12-36(43-29-50(68)51(71-2)23-35(43)10-11-52(59)69)22-48(66)49(67)28-42(38-14-18-62-54(60)25-38)34-9-8-32-6-4-5-7-33(32)20-34/h4-9,14-15,19-20,23,25,29,36-37,39,42,44-49,53,55-57,61-64,66-68,70H,3,10-11,13,17-18,21-22,24,26-28,30-31,60H2,1-2H3/t36-,37+,39+,42+,44-,45+,46-,47+,48+,49-,53-,55+,56+,57+,59-/m1/s1. The highest BCUT2D eigenvalue weighted by molar-refractivity contribution is 5.89. The number of carbonyl (C=O) groups is 2. The van der Waals surface area contributed by atoms with Crippen LogP contribution >= 0.6 is 0 Å². The van der Waals surface area contributed by atoms with Gasteiger partial charge in [0.25, 0.3) is 0 Å². The van der Waals surface area contributed by atoms with E-state index in [2.05, 4.69) is 88.4 Å². The van der Waals surface area contributed by atoms with E-state index in [1.807, 2.05) is 18.2 Å². The number of aliphatic hydroxyl groups is 3. The topological polar surface area (TPSA) is 202 Å². The molecule has 3 saturated carbocycles. The molecule has 10 N–H and O–H groups in total. The summed E-state index contributed by atoms with van der Waals surface area (Å²) >= 11 is 0. The maximum Gasteiger partial charge on any atom is 0.160 e. The highest BCUT2D eigenvalue weighted by Gasteiger charge is 2.60. The van der Waals surface area contributed by atoms with Gasteiger partial charge in [0.05, 0.1) is 31.2 Å². The lowest BCUT2D eigenvalue weighted by Gasteiger charge is -2.61. The number of H-pyrrole nitrogens is 1. The van der Waals surface area contributed by atoms with Gasteiger partial charge in [0.1, 0.15) is 11.2 Å². The molecule has 11 rings (SSSR count). The third-order valence-corrected chi connectivity index (χ3v) is 18.6. The Labute approximate surface area is 417 Å². The van der Waals surface area contributed by atoms with E-state index in [9.17, 15) is 30.0 Å². The number of phenols is 1. The van der Waals surface area contributed by atoms with Crippen molar-refractivity contribution in [1.29, 1.82) is 0 Å². The maximum atomic E-state index is 14.8. The number of aryl methyl sites for hydroxylation is 1. The predicted octanol–water partition coefficient (Wildman–Crippen LogP) is 6.56. The molecule has 3 aromatic carbocycles. The number of nitrogens with two attached hydrogens (primary N) is 1. The second-order valence-corrected chi connectivity index (χ2v) is 22.2. The molecule has 7 aliphatic rings. The van der Waals surface area contributed by atoms with E-state index >= 15 is 0 Å². The Balaban J connectivity index is 0.886. The van der Waals surface area contributed by atoms with Crippen molar-refractivity contribution in [3.05, 3.63) is 118 Å². The predicted molar refractivity (Wildman–Crippen MR) is 273 cm³/mol. The summed E-state index contributed by atoms with van der Waals surface area (Å²) in [5.74, 6) is 9.61. The average molecular weight is 962 g/mol. The number of dihydropyridines is 1. The van der Waals surface area contributed by atoms with Gasteiger partial charge in [-0.05, 0) is 169 Å². The first kappa shape index (κ1) is 47.9. The van der Waals surface area contributed by atoms with Crippen molar-refractivity contribution in [2.24, 2.45) is 46.7 Å². The number of nitrogens with one attached hydrogen (secondary N) is 4. The number of Topliss-reactive ketones (excluding diaryl/α,β-unsaturated/α-hetero) is 2. The number of methoxy groups -OCH3 is 1. The van der Waals surface area contributed by atoms with Crippen LogP contribution in [0.25, 0.3) is 10.8 Å². The minimum Gasteiger partial charge on any atom is -0.504 e. The minimum absolute atomic E-state index is 0.0305. The summed E-state index contributed by atoms with van der Waals surface area (Å²) in [7, 11) is 1.49. The van der Waals surface area contributed by atoms with Crippen molar-refractivity contribution in [1.82, 2.24) is 20.9 Å². The number of rotatable bonds is 12. The second-order valence-electron chi connectivity index (χ2n) is 22.2. The van der Waals surface area contributed by atoms with E-state index in [-0.39, 0.29) is 60.3 Å². The van der Waals surface area contributed by atoms with Gasteiger partial charge in [-0.15, -0.1) is 0 Å². The lowest BCUT2D eigenvalue weighted by molar-refractivity contribution is -0.137. The third-order valence-electron chi connectivity index (χ3n) is 18.6. The molecule has 0 unspecified atom stereocenters. The molecule has 1 saturated heterocycles. The summed E-state index contributed by atoms with van der Waals surface area (Å²) in [6.45, 7) is 5.32. The van der Waals surface area contributed by atoms with Crippen molar-refractivity contribution in [2.75, 3.05) is 33.3 Å². The Bertz CT molecular complexity index is 2810. The van der Waals surface area contributed by atoms with Crippen LogP contribution in [-0.4, -0.2) is 94.6 Å². The minimum atomic E-state index is -1.31. The van der Waals surface area contributed by atoms with Crippen molar-refractivity contribution < 1.29 is 34.8 Å². The molecular weight excluding hydrogens is 891 g/mol. The van der Waals surface area contributed by atoms with Crippen LogP contribution in [0.5, 0.6) is 11.5 Å².